The smallest absolute Gasteiger partial charge is 0.0893 e. The van der Waals surface area contributed by atoms with E-state index in [2.05, 4.69) is 26.5 Å². The second-order valence-electron chi connectivity index (χ2n) is 3.77. The SMILES string of the molecule is Cn1ncc(Cl)c1C(NN)c1ccc(Cl)c(Br)c1. The van der Waals surface area contributed by atoms with Crippen molar-refractivity contribution in [3.05, 3.63) is 50.2 Å². The van der Waals surface area contributed by atoms with Crippen molar-refractivity contribution in [1.29, 1.82) is 0 Å². The molecule has 0 fully saturated rings. The molecule has 0 spiro atoms. The van der Waals surface area contributed by atoms with Gasteiger partial charge in [-0.15, -0.1) is 0 Å². The van der Waals surface area contributed by atoms with Gasteiger partial charge >= 0.3 is 0 Å². The van der Waals surface area contributed by atoms with Gasteiger partial charge < -0.3 is 0 Å². The van der Waals surface area contributed by atoms with Crippen LogP contribution < -0.4 is 11.3 Å². The molecular weight excluding hydrogens is 339 g/mol. The molecule has 1 aromatic heterocycles. The number of nitrogens with one attached hydrogen (secondary N) is 1. The monoisotopic (exact) mass is 348 g/mol. The van der Waals surface area contributed by atoms with Crippen molar-refractivity contribution in [2.45, 2.75) is 6.04 Å². The molecule has 7 heteroatoms. The van der Waals surface area contributed by atoms with Crippen molar-refractivity contribution in [2.75, 3.05) is 0 Å². The van der Waals surface area contributed by atoms with E-state index in [0.717, 1.165) is 15.7 Å². The average Bonchev–Trinajstić information content (AvgIpc) is 2.66. The van der Waals surface area contributed by atoms with Crippen molar-refractivity contribution >= 4 is 39.1 Å². The first-order chi connectivity index (χ1) is 8.54. The van der Waals surface area contributed by atoms with Crippen LogP contribution in [0.25, 0.3) is 0 Å². The Morgan fingerprint density at radius 2 is 2.11 bits per heavy atom. The lowest BCUT2D eigenvalue weighted by molar-refractivity contribution is 0.575. The standard InChI is InChI=1S/C11H11BrCl2N4/c1-18-11(9(14)5-16-18)10(17-15)6-2-3-8(13)7(12)4-6/h2-5,10,17H,15H2,1H3. The highest BCUT2D eigenvalue weighted by Crippen LogP contribution is 2.31. The molecule has 1 unspecified atom stereocenters. The first-order valence-corrected chi connectivity index (χ1v) is 6.68. The van der Waals surface area contributed by atoms with E-state index >= 15 is 0 Å². The molecule has 96 valence electrons. The maximum absolute atomic E-state index is 6.12. The molecule has 1 heterocycles. The summed E-state index contributed by atoms with van der Waals surface area (Å²) in [6.07, 6.45) is 1.59. The first-order valence-electron chi connectivity index (χ1n) is 5.13. The number of halogens is 3. The highest BCUT2D eigenvalue weighted by atomic mass is 79.9. The predicted molar refractivity (Wildman–Crippen MR) is 76.5 cm³/mol. The average molecular weight is 350 g/mol. The molecule has 4 nitrogen and oxygen atoms in total. The van der Waals surface area contributed by atoms with Crippen molar-refractivity contribution in [1.82, 2.24) is 15.2 Å². The summed E-state index contributed by atoms with van der Waals surface area (Å²) in [5, 5.41) is 5.31. The number of benzene rings is 1. The van der Waals surface area contributed by atoms with E-state index in [1.54, 1.807) is 16.9 Å². The van der Waals surface area contributed by atoms with Crippen molar-refractivity contribution in [3.63, 3.8) is 0 Å². The Balaban J connectivity index is 2.48. The van der Waals surface area contributed by atoms with Gasteiger partial charge in [-0.05, 0) is 33.6 Å². The number of hydrogen-bond donors (Lipinski definition) is 2. The van der Waals surface area contributed by atoms with Gasteiger partial charge in [0.1, 0.15) is 0 Å². The molecule has 0 aliphatic rings. The largest absolute Gasteiger partial charge is 0.271 e. The summed E-state index contributed by atoms with van der Waals surface area (Å²) in [5.74, 6) is 5.62. The molecule has 0 saturated heterocycles. The highest BCUT2D eigenvalue weighted by molar-refractivity contribution is 9.10. The zero-order valence-corrected chi connectivity index (χ0v) is 12.6. The van der Waals surface area contributed by atoms with Crippen LogP contribution in [-0.4, -0.2) is 9.78 Å². The van der Waals surface area contributed by atoms with Crippen molar-refractivity contribution < 1.29 is 0 Å². The Hall–Kier alpha value is -0.590. The van der Waals surface area contributed by atoms with Crippen LogP contribution in [-0.2, 0) is 7.05 Å². The minimum absolute atomic E-state index is 0.251. The second-order valence-corrected chi connectivity index (χ2v) is 5.44. The lowest BCUT2D eigenvalue weighted by Gasteiger charge is -2.18. The molecule has 0 bridgehead atoms. The molecule has 1 aromatic carbocycles. The third-order valence-corrected chi connectivity index (χ3v) is 4.16. The van der Waals surface area contributed by atoms with E-state index in [-0.39, 0.29) is 6.04 Å². The van der Waals surface area contributed by atoms with Crippen molar-refractivity contribution in [3.8, 4) is 0 Å². The van der Waals surface area contributed by atoms with Crippen molar-refractivity contribution in [2.24, 2.45) is 12.9 Å². The number of hydrogen-bond acceptors (Lipinski definition) is 3. The summed E-state index contributed by atoms with van der Waals surface area (Å²) in [5.41, 5.74) is 4.48. The van der Waals surface area contributed by atoms with Gasteiger partial charge in [-0.25, -0.2) is 5.43 Å². The lowest BCUT2D eigenvalue weighted by atomic mass is 10.0. The lowest BCUT2D eigenvalue weighted by Crippen LogP contribution is -2.30. The van der Waals surface area contributed by atoms with E-state index in [9.17, 15) is 0 Å². The van der Waals surface area contributed by atoms with Gasteiger partial charge in [0.25, 0.3) is 0 Å². The quantitative estimate of drug-likeness (QED) is 0.661. The highest BCUT2D eigenvalue weighted by Gasteiger charge is 2.20. The van der Waals surface area contributed by atoms with E-state index in [1.165, 1.54) is 0 Å². The molecule has 0 amide bonds. The molecule has 0 radical (unpaired) electrons. The third kappa shape index (κ3) is 2.55. The minimum atomic E-state index is -0.251. The molecular formula is C11H11BrCl2N4. The van der Waals surface area contributed by atoms with E-state index in [4.69, 9.17) is 29.0 Å². The Morgan fingerprint density at radius 1 is 1.39 bits per heavy atom. The van der Waals surface area contributed by atoms with Crippen LogP contribution in [0.2, 0.25) is 10.0 Å². The predicted octanol–water partition coefficient (Wildman–Crippen LogP) is 3.04. The molecule has 2 aromatic rings. The summed E-state index contributed by atoms with van der Waals surface area (Å²) in [6, 6.07) is 5.34. The van der Waals surface area contributed by atoms with Crippen LogP contribution in [0.3, 0.4) is 0 Å². The molecule has 3 N–H and O–H groups in total. The molecule has 0 aliphatic heterocycles. The fourth-order valence-electron chi connectivity index (χ4n) is 1.77. The fourth-order valence-corrected chi connectivity index (χ4v) is 2.56. The normalized spacial score (nSPS) is 12.7. The summed E-state index contributed by atoms with van der Waals surface area (Å²) >= 11 is 15.5. The van der Waals surface area contributed by atoms with Crippen LogP contribution in [0.1, 0.15) is 17.3 Å². The Kier molecular flexibility index (Phi) is 4.29. The summed E-state index contributed by atoms with van der Waals surface area (Å²) in [4.78, 5) is 0. The molecule has 1 atom stereocenters. The zero-order valence-electron chi connectivity index (χ0n) is 9.49. The molecule has 18 heavy (non-hydrogen) atoms. The van der Waals surface area contributed by atoms with Gasteiger partial charge in [0.2, 0.25) is 0 Å². The number of aromatic nitrogens is 2. The Morgan fingerprint density at radius 3 is 2.61 bits per heavy atom. The number of nitrogens with two attached hydrogens (primary N) is 1. The number of aryl methyl sites for hydroxylation is 1. The van der Waals surface area contributed by atoms with Gasteiger partial charge in [-0.1, -0.05) is 29.3 Å². The zero-order chi connectivity index (χ0) is 13.3. The van der Waals surface area contributed by atoms with E-state index in [0.29, 0.717) is 10.0 Å². The number of hydrazine groups is 1. The Bertz CT molecular complexity index is 551. The summed E-state index contributed by atoms with van der Waals surface area (Å²) in [6.45, 7) is 0. The summed E-state index contributed by atoms with van der Waals surface area (Å²) in [7, 11) is 1.82. The van der Waals surface area contributed by atoms with Crippen LogP contribution in [0.4, 0.5) is 0 Å². The molecule has 2 rings (SSSR count). The molecule has 0 aliphatic carbocycles. The van der Waals surface area contributed by atoms with Gasteiger partial charge in [0.15, 0.2) is 0 Å². The van der Waals surface area contributed by atoms with Crippen LogP contribution in [0.5, 0.6) is 0 Å². The summed E-state index contributed by atoms with van der Waals surface area (Å²) < 4.78 is 2.50. The van der Waals surface area contributed by atoms with Gasteiger partial charge in [-0.3, -0.25) is 10.5 Å². The van der Waals surface area contributed by atoms with E-state index < -0.39 is 0 Å². The van der Waals surface area contributed by atoms with Crippen LogP contribution >= 0.6 is 39.1 Å². The molecule has 0 saturated carbocycles. The number of nitrogens with zero attached hydrogens (tertiary/aromatic N) is 2. The fraction of sp³-hybridized carbons (Fsp3) is 0.182. The third-order valence-electron chi connectivity index (χ3n) is 2.65. The maximum Gasteiger partial charge on any atom is 0.0893 e. The first kappa shape index (κ1) is 13.8. The van der Waals surface area contributed by atoms with Gasteiger partial charge in [0, 0.05) is 11.5 Å². The van der Waals surface area contributed by atoms with Crippen LogP contribution in [0, 0.1) is 0 Å². The van der Waals surface area contributed by atoms with Crippen LogP contribution in [0.15, 0.2) is 28.9 Å². The minimum Gasteiger partial charge on any atom is -0.271 e. The second kappa shape index (κ2) is 5.59. The topological polar surface area (TPSA) is 55.9 Å². The number of rotatable bonds is 3. The van der Waals surface area contributed by atoms with E-state index in [1.807, 2.05) is 19.2 Å². The Labute approximate surface area is 123 Å². The van der Waals surface area contributed by atoms with Gasteiger partial charge in [-0.2, -0.15) is 5.10 Å². The van der Waals surface area contributed by atoms with Gasteiger partial charge in [0.05, 0.1) is 28.0 Å². The maximum atomic E-state index is 6.12.